The number of hydrogen-bond acceptors (Lipinski definition) is 5. The van der Waals surface area contributed by atoms with Crippen LogP contribution in [0, 0.1) is 27.7 Å². The van der Waals surface area contributed by atoms with Gasteiger partial charge >= 0.3 is 0 Å². The highest BCUT2D eigenvalue weighted by atomic mass is 16.5. The molecule has 6 nitrogen and oxygen atoms in total. The molecule has 1 aromatic heterocycles. The van der Waals surface area contributed by atoms with Crippen LogP contribution in [-0.4, -0.2) is 22.7 Å². The molecule has 0 aliphatic rings. The molecule has 1 amide bonds. The lowest BCUT2D eigenvalue weighted by molar-refractivity contribution is -0.118. The molecule has 0 spiro atoms. The predicted octanol–water partition coefficient (Wildman–Crippen LogP) is 5.65. The van der Waals surface area contributed by atoms with Crippen molar-refractivity contribution in [2.75, 3.05) is 11.9 Å². The first-order valence-electron chi connectivity index (χ1n) is 10.4. The molecular weight excluding hydrogens is 402 g/mol. The second kappa shape index (κ2) is 9.06. The molecule has 162 valence electrons. The van der Waals surface area contributed by atoms with E-state index in [4.69, 9.17) is 9.15 Å². The van der Waals surface area contributed by atoms with Gasteiger partial charge in [-0.05, 0) is 80.8 Å². The standard InChI is InChI=1S/C26H25N3O3/c1-16-7-5-8-20(11-16)25-28-29-26(32-25)21-9-6-10-22(14-21)27-24(30)15-31-23-13-18(3)17(2)12-19(23)4/h5-14H,15H2,1-4H3,(H,27,30). The molecule has 0 saturated heterocycles. The lowest BCUT2D eigenvalue weighted by Gasteiger charge is -2.12. The molecule has 0 saturated carbocycles. The minimum Gasteiger partial charge on any atom is -0.483 e. The molecule has 4 aromatic rings. The average Bonchev–Trinajstić information content (AvgIpc) is 3.26. The lowest BCUT2D eigenvalue weighted by Crippen LogP contribution is -2.20. The Balaban J connectivity index is 1.43. The van der Waals surface area contributed by atoms with E-state index in [1.807, 2.05) is 63.2 Å². The molecule has 0 unspecified atom stereocenters. The molecule has 0 atom stereocenters. The summed E-state index contributed by atoms with van der Waals surface area (Å²) in [6.45, 7) is 7.98. The Labute approximate surface area is 187 Å². The molecule has 0 bridgehead atoms. The molecule has 0 radical (unpaired) electrons. The normalized spacial score (nSPS) is 10.8. The third-order valence-electron chi connectivity index (χ3n) is 5.23. The Morgan fingerprint density at radius 1 is 0.844 bits per heavy atom. The zero-order valence-electron chi connectivity index (χ0n) is 18.6. The van der Waals surface area contributed by atoms with Crippen LogP contribution in [0.3, 0.4) is 0 Å². The van der Waals surface area contributed by atoms with E-state index in [0.29, 0.717) is 23.2 Å². The number of amides is 1. The number of nitrogens with one attached hydrogen (secondary N) is 1. The molecule has 1 heterocycles. The van der Waals surface area contributed by atoms with E-state index >= 15 is 0 Å². The molecule has 6 heteroatoms. The molecule has 3 aromatic carbocycles. The van der Waals surface area contributed by atoms with Crippen molar-refractivity contribution in [2.45, 2.75) is 27.7 Å². The topological polar surface area (TPSA) is 77.2 Å². The zero-order chi connectivity index (χ0) is 22.7. The maximum atomic E-state index is 12.4. The Bertz CT molecular complexity index is 1280. The summed E-state index contributed by atoms with van der Waals surface area (Å²) >= 11 is 0. The summed E-state index contributed by atoms with van der Waals surface area (Å²) in [5, 5.41) is 11.2. The Kier molecular flexibility index (Phi) is 6.03. The molecule has 32 heavy (non-hydrogen) atoms. The van der Waals surface area contributed by atoms with Gasteiger partial charge in [-0.2, -0.15) is 0 Å². The fourth-order valence-corrected chi connectivity index (χ4v) is 3.39. The van der Waals surface area contributed by atoms with E-state index in [-0.39, 0.29) is 12.5 Å². The molecule has 1 N–H and O–H groups in total. The van der Waals surface area contributed by atoms with Crippen LogP contribution in [0.2, 0.25) is 0 Å². The second-order valence-corrected chi connectivity index (χ2v) is 7.90. The Morgan fingerprint density at radius 3 is 2.22 bits per heavy atom. The van der Waals surface area contributed by atoms with E-state index < -0.39 is 0 Å². The summed E-state index contributed by atoms with van der Waals surface area (Å²) in [5.41, 5.74) is 6.66. The van der Waals surface area contributed by atoms with Gasteiger partial charge in [0, 0.05) is 16.8 Å². The van der Waals surface area contributed by atoms with Crippen LogP contribution in [0.5, 0.6) is 5.75 Å². The highest BCUT2D eigenvalue weighted by Crippen LogP contribution is 2.26. The van der Waals surface area contributed by atoms with Crippen LogP contribution in [0.25, 0.3) is 22.9 Å². The number of carbonyl (C=O) groups excluding carboxylic acids is 1. The maximum absolute atomic E-state index is 12.4. The summed E-state index contributed by atoms with van der Waals surface area (Å²) < 4.78 is 11.6. The van der Waals surface area contributed by atoms with Gasteiger partial charge in [-0.3, -0.25) is 4.79 Å². The van der Waals surface area contributed by atoms with Gasteiger partial charge < -0.3 is 14.5 Å². The number of rotatable bonds is 6. The second-order valence-electron chi connectivity index (χ2n) is 7.90. The highest BCUT2D eigenvalue weighted by Gasteiger charge is 2.12. The molecule has 0 aliphatic carbocycles. The van der Waals surface area contributed by atoms with E-state index in [0.717, 1.165) is 27.8 Å². The quantitative estimate of drug-likeness (QED) is 0.430. The van der Waals surface area contributed by atoms with Gasteiger partial charge in [0.05, 0.1) is 0 Å². The van der Waals surface area contributed by atoms with Gasteiger partial charge in [0.1, 0.15) is 5.75 Å². The first-order valence-corrected chi connectivity index (χ1v) is 10.4. The van der Waals surface area contributed by atoms with E-state index in [1.165, 1.54) is 5.56 Å². The SMILES string of the molecule is Cc1cccc(-c2nnc(-c3cccc(NC(=O)COc4cc(C)c(C)cc4C)c3)o2)c1. The van der Waals surface area contributed by atoms with Crippen molar-refractivity contribution >= 4 is 11.6 Å². The minimum absolute atomic E-state index is 0.0777. The van der Waals surface area contributed by atoms with E-state index in [2.05, 4.69) is 28.5 Å². The van der Waals surface area contributed by atoms with Crippen molar-refractivity contribution in [2.24, 2.45) is 0 Å². The van der Waals surface area contributed by atoms with Gasteiger partial charge in [-0.15, -0.1) is 10.2 Å². The fourth-order valence-electron chi connectivity index (χ4n) is 3.39. The van der Waals surface area contributed by atoms with Crippen LogP contribution < -0.4 is 10.1 Å². The van der Waals surface area contributed by atoms with Crippen LogP contribution >= 0.6 is 0 Å². The predicted molar refractivity (Wildman–Crippen MR) is 125 cm³/mol. The van der Waals surface area contributed by atoms with Crippen molar-refractivity contribution in [1.82, 2.24) is 10.2 Å². The summed E-state index contributed by atoms with van der Waals surface area (Å²) in [5.74, 6) is 1.31. The monoisotopic (exact) mass is 427 g/mol. The minimum atomic E-state index is -0.245. The first kappa shape index (κ1) is 21.3. The number of ether oxygens (including phenoxy) is 1. The molecule has 0 fully saturated rings. The number of nitrogens with zero attached hydrogens (tertiary/aromatic N) is 2. The van der Waals surface area contributed by atoms with Gasteiger partial charge in [0.15, 0.2) is 6.61 Å². The fraction of sp³-hybridized carbons (Fsp3) is 0.192. The van der Waals surface area contributed by atoms with Crippen molar-refractivity contribution in [3.8, 4) is 28.7 Å². The smallest absolute Gasteiger partial charge is 0.262 e. The van der Waals surface area contributed by atoms with Crippen molar-refractivity contribution in [3.63, 3.8) is 0 Å². The van der Waals surface area contributed by atoms with Crippen LogP contribution in [0.4, 0.5) is 5.69 Å². The number of benzene rings is 3. The molecule has 4 rings (SSSR count). The first-order chi connectivity index (χ1) is 15.4. The third kappa shape index (κ3) is 4.86. The molecule has 0 aliphatic heterocycles. The summed E-state index contributed by atoms with van der Waals surface area (Å²) in [6.07, 6.45) is 0. The van der Waals surface area contributed by atoms with Gasteiger partial charge in [-0.1, -0.05) is 29.8 Å². The van der Waals surface area contributed by atoms with Crippen molar-refractivity contribution < 1.29 is 13.9 Å². The zero-order valence-corrected chi connectivity index (χ0v) is 18.6. The van der Waals surface area contributed by atoms with E-state index in [1.54, 1.807) is 12.1 Å². The summed E-state index contributed by atoms with van der Waals surface area (Å²) in [7, 11) is 0. The number of hydrogen-bond donors (Lipinski definition) is 1. The number of aromatic nitrogens is 2. The van der Waals surface area contributed by atoms with Crippen LogP contribution in [0.1, 0.15) is 22.3 Å². The summed E-state index contributed by atoms with van der Waals surface area (Å²) in [4.78, 5) is 12.4. The lowest BCUT2D eigenvalue weighted by atomic mass is 10.1. The number of aryl methyl sites for hydroxylation is 4. The van der Waals surface area contributed by atoms with Gasteiger partial charge in [0.25, 0.3) is 5.91 Å². The van der Waals surface area contributed by atoms with Crippen LogP contribution in [0.15, 0.2) is 65.1 Å². The summed E-state index contributed by atoms with van der Waals surface area (Å²) in [6, 6.07) is 19.2. The van der Waals surface area contributed by atoms with Crippen molar-refractivity contribution in [1.29, 1.82) is 0 Å². The van der Waals surface area contributed by atoms with Gasteiger partial charge in [-0.25, -0.2) is 0 Å². The molecular formula is C26H25N3O3. The number of anilines is 1. The Hall–Kier alpha value is -3.93. The van der Waals surface area contributed by atoms with E-state index in [9.17, 15) is 4.79 Å². The largest absolute Gasteiger partial charge is 0.483 e. The van der Waals surface area contributed by atoms with Crippen molar-refractivity contribution in [3.05, 3.63) is 82.9 Å². The van der Waals surface area contributed by atoms with Crippen LogP contribution in [-0.2, 0) is 4.79 Å². The van der Waals surface area contributed by atoms with Gasteiger partial charge in [0.2, 0.25) is 11.8 Å². The third-order valence-corrected chi connectivity index (χ3v) is 5.23. The average molecular weight is 428 g/mol. The maximum Gasteiger partial charge on any atom is 0.262 e. The Morgan fingerprint density at radius 2 is 1.50 bits per heavy atom. The number of carbonyl (C=O) groups is 1. The highest BCUT2D eigenvalue weighted by molar-refractivity contribution is 5.92.